The van der Waals surface area contributed by atoms with Gasteiger partial charge in [0.1, 0.15) is 13.2 Å². The fourth-order valence-electron chi connectivity index (χ4n) is 6.20. The van der Waals surface area contributed by atoms with Crippen molar-refractivity contribution < 1.29 is 28.6 Å². The van der Waals surface area contributed by atoms with Crippen LogP contribution >= 0.6 is 0 Å². The second-order valence-corrected chi connectivity index (χ2v) is 15.6. The van der Waals surface area contributed by atoms with Crippen molar-refractivity contribution in [3.8, 4) is 0 Å². The number of unbranched alkanes of at least 4 members (excludes halogenated alkanes) is 15. The molecule has 60 heavy (non-hydrogen) atoms. The highest BCUT2D eigenvalue weighted by Crippen LogP contribution is 2.12. The van der Waals surface area contributed by atoms with Crippen molar-refractivity contribution in [1.29, 1.82) is 0 Å². The second kappa shape index (κ2) is 48.0. The predicted molar refractivity (Wildman–Crippen MR) is 256 cm³/mol. The van der Waals surface area contributed by atoms with E-state index in [1.54, 1.807) is 0 Å². The zero-order valence-electron chi connectivity index (χ0n) is 38.7. The number of hydrogen-bond acceptors (Lipinski definition) is 6. The van der Waals surface area contributed by atoms with E-state index in [4.69, 9.17) is 14.2 Å². The molecule has 0 rings (SSSR count). The number of carbonyl (C=O) groups excluding carboxylic acids is 3. The fraction of sp³-hybridized carbons (Fsp3) is 0.648. The van der Waals surface area contributed by atoms with E-state index in [0.717, 1.165) is 122 Å². The number of allylic oxidation sites excluding steroid dienone is 16. The molecule has 0 aliphatic carbocycles. The first kappa shape index (κ1) is 56.3. The van der Waals surface area contributed by atoms with E-state index < -0.39 is 6.10 Å². The molecular weight excluding hydrogens is 745 g/mol. The average Bonchev–Trinajstić information content (AvgIpc) is 3.24. The van der Waals surface area contributed by atoms with Crippen LogP contribution in [0, 0.1) is 0 Å². The van der Waals surface area contributed by atoms with Crippen LogP contribution in [0.15, 0.2) is 97.2 Å². The van der Waals surface area contributed by atoms with Crippen LogP contribution in [-0.2, 0) is 28.6 Å². The number of esters is 3. The largest absolute Gasteiger partial charge is 0.462 e. The minimum absolute atomic E-state index is 0.114. The highest BCUT2D eigenvalue weighted by molar-refractivity contribution is 5.71. The molecule has 0 spiro atoms. The van der Waals surface area contributed by atoms with Gasteiger partial charge in [0.15, 0.2) is 6.10 Å². The summed E-state index contributed by atoms with van der Waals surface area (Å²) in [6.45, 7) is 6.31. The Morgan fingerprint density at radius 1 is 0.350 bits per heavy atom. The third-order valence-corrected chi connectivity index (χ3v) is 9.80. The van der Waals surface area contributed by atoms with Crippen LogP contribution in [0.5, 0.6) is 0 Å². The van der Waals surface area contributed by atoms with Crippen LogP contribution in [0.2, 0.25) is 0 Å². The molecule has 6 nitrogen and oxygen atoms in total. The Kier molecular flexibility index (Phi) is 45.1. The third-order valence-electron chi connectivity index (χ3n) is 9.80. The standard InChI is InChI=1S/C54H88O6/c1-4-7-10-13-16-19-22-25-27-28-30-32-35-38-41-44-47-53(56)59-50-51(49-58-52(55)46-43-40-37-34-31-24-21-18-15-12-9-6-3)60-54(57)48-45-42-39-36-33-29-26-23-20-17-14-11-8-5-2/h7,9-10,12,16,18-19,21,25,27,29-34,51H,4-6,8,11,13-15,17,20,22-24,26,28,35-50H2,1-3H3/b10-7-,12-9-,19-16-,21-18-,27-25-,32-30-,33-29-,34-31-. The number of rotatable bonds is 42. The van der Waals surface area contributed by atoms with E-state index >= 15 is 0 Å². The van der Waals surface area contributed by atoms with Crippen LogP contribution < -0.4 is 0 Å². The molecule has 0 aromatic carbocycles. The molecule has 0 heterocycles. The van der Waals surface area contributed by atoms with Crippen molar-refractivity contribution in [1.82, 2.24) is 0 Å². The molecule has 0 aliphatic rings. The molecule has 0 saturated heterocycles. The van der Waals surface area contributed by atoms with Crippen molar-refractivity contribution >= 4 is 17.9 Å². The van der Waals surface area contributed by atoms with Gasteiger partial charge in [0.2, 0.25) is 0 Å². The van der Waals surface area contributed by atoms with Crippen LogP contribution in [0.3, 0.4) is 0 Å². The van der Waals surface area contributed by atoms with Gasteiger partial charge in [0, 0.05) is 19.3 Å². The van der Waals surface area contributed by atoms with Gasteiger partial charge in [-0.1, -0.05) is 169 Å². The number of hydrogen-bond donors (Lipinski definition) is 0. The minimum atomic E-state index is -0.813. The van der Waals surface area contributed by atoms with E-state index in [2.05, 4.69) is 118 Å². The van der Waals surface area contributed by atoms with Gasteiger partial charge in [-0.3, -0.25) is 14.4 Å². The molecule has 0 saturated carbocycles. The van der Waals surface area contributed by atoms with Gasteiger partial charge in [-0.25, -0.2) is 0 Å². The second-order valence-electron chi connectivity index (χ2n) is 15.6. The van der Waals surface area contributed by atoms with Gasteiger partial charge < -0.3 is 14.2 Å². The van der Waals surface area contributed by atoms with Crippen LogP contribution in [0.1, 0.15) is 207 Å². The van der Waals surface area contributed by atoms with Gasteiger partial charge in [0.05, 0.1) is 0 Å². The topological polar surface area (TPSA) is 78.9 Å². The Balaban J connectivity index is 4.52. The summed E-state index contributed by atoms with van der Waals surface area (Å²) in [6, 6.07) is 0. The first-order valence-electron chi connectivity index (χ1n) is 24.2. The quantitative estimate of drug-likeness (QED) is 0.0264. The SMILES string of the molecule is CC/C=C\C/C=C\C/C=C\C/C=C\CCCCCC(=O)OCC(COC(=O)CCCC/C=C\C/C=C\C/C=C\CC)OC(=O)CCCCC/C=C\CCCCCCCCC. The van der Waals surface area contributed by atoms with Crippen molar-refractivity contribution in [2.75, 3.05) is 13.2 Å². The Bertz CT molecular complexity index is 1230. The molecule has 340 valence electrons. The smallest absolute Gasteiger partial charge is 0.306 e. The van der Waals surface area contributed by atoms with Crippen molar-refractivity contribution in [3.63, 3.8) is 0 Å². The Morgan fingerprint density at radius 2 is 0.650 bits per heavy atom. The van der Waals surface area contributed by atoms with E-state index in [1.807, 2.05) is 0 Å². The van der Waals surface area contributed by atoms with Crippen molar-refractivity contribution in [2.24, 2.45) is 0 Å². The van der Waals surface area contributed by atoms with Crippen molar-refractivity contribution in [3.05, 3.63) is 97.2 Å². The van der Waals surface area contributed by atoms with E-state index in [0.29, 0.717) is 19.3 Å². The van der Waals surface area contributed by atoms with E-state index in [1.165, 1.54) is 44.9 Å². The molecule has 0 aromatic heterocycles. The van der Waals surface area contributed by atoms with E-state index in [9.17, 15) is 14.4 Å². The van der Waals surface area contributed by atoms with Gasteiger partial charge in [-0.2, -0.15) is 0 Å². The predicted octanol–water partition coefficient (Wildman–Crippen LogP) is 15.8. The molecule has 0 N–H and O–H groups in total. The molecular formula is C54H88O6. The maximum atomic E-state index is 12.8. The molecule has 1 unspecified atom stereocenters. The summed E-state index contributed by atoms with van der Waals surface area (Å²) in [4.78, 5) is 37.8. The molecule has 1 atom stereocenters. The summed E-state index contributed by atoms with van der Waals surface area (Å²) in [6.07, 6.45) is 62.5. The lowest BCUT2D eigenvalue weighted by Crippen LogP contribution is -2.30. The van der Waals surface area contributed by atoms with Crippen molar-refractivity contribution in [2.45, 2.75) is 213 Å². The minimum Gasteiger partial charge on any atom is -0.462 e. The lowest BCUT2D eigenvalue weighted by molar-refractivity contribution is -0.167. The first-order valence-corrected chi connectivity index (χ1v) is 24.2. The molecule has 0 bridgehead atoms. The first-order chi connectivity index (χ1) is 29.5. The van der Waals surface area contributed by atoms with Crippen LogP contribution in [-0.4, -0.2) is 37.2 Å². The zero-order valence-corrected chi connectivity index (χ0v) is 38.7. The third kappa shape index (κ3) is 45.4. The lowest BCUT2D eigenvalue weighted by Gasteiger charge is -2.18. The van der Waals surface area contributed by atoms with E-state index in [-0.39, 0.29) is 31.1 Å². The summed E-state index contributed by atoms with van der Waals surface area (Å²) in [5, 5.41) is 0. The van der Waals surface area contributed by atoms with Crippen LogP contribution in [0.25, 0.3) is 0 Å². The molecule has 0 aliphatic heterocycles. The molecule has 0 radical (unpaired) electrons. The average molecular weight is 833 g/mol. The van der Waals surface area contributed by atoms with Crippen LogP contribution in [0.4, 0.5) is 0 Å². The summed E-state index contributed by atoms with van der Waals surface area (Å²) >= 11 is 0. The Morgan fingerprint density at radius 3 is 1.07 bits per heavy atom. The lowest BCUT2D eigenvalue weighted by atomic mass is 10.1. The van der Waals surface area contributed by atoms with Gasteiger partial charge in [0.25, 0.3) is 0 Å². The summed E-state index contributed by atoms with van der Waals surface area (Å²) in [5.41, 5.74) is 0. The summed E-state index contributed by atoms with van der Waals surface area (Å²) in [7, 11) is 0. The number of ether oxygens (including phenoxy) is 3. The van der Waals surface area contributed by atoms with Gasteiger partial charge >= 0.3 is 17.9 Å². The van der Waals surface area contributed by atoms with Gasteiger partial charge in [-0.15, -0.1) is 0 Å². The van der Waals surface area contributed by atoms with Gasteiger partial charge in [-0.05, 0) is 116 Å². The normalized spacial score (nSPS) is 12.9. The Hall–Kier alpha value is -3.67. The number of carbonyl (C=O) groups is 3. The fourth-order valence-corrected chi connectivity index (χ4v) is 6.20. The maximum absolute atomic E-state index is 12.8. The monoisotopic (exact) mass is 833 g/mol. The molecule has 0 fully saturated rings. The summed E-state index contributed by atoms with van der Waals surface area (Å²) in [5.74, 6) is -1.01. The zero-order chi connectivity index (χ0) is 43.7. The highest BCUT2D eigenvalue weighted by Gasteiger charge is 2.19. The molecule has 0 aromatic rings. The molecule has 6 heteroatoms. The highest BCUT2D eigenvalue weighted by atomic mass is 16.6. The maximum Gasteiger partial charge on any atom is 0.306 e. The Labute approximate surface area is 368 Å². The molecule has 0 amide bonds. The summed E-state index contributed by atoms with van der Waals surface area (Å²) < 4.78 is 16.7.